The average molecular weight is 450 g/mol. The third kappa shape index (κ3) is 3.65. The third-order valence-corrected chi connectivity index (χ3v) is 6.50. The lowest BCUT2D eigenvalue weighted by Crippen LogP contribution is -2.38. The molecular formula is C19H18N2O7S2. The van der Waals surface area contributed by atoms with Gasteiger partial charge < -0.3 is 14.8 Å². The number of rotatable bonds is 5. The van der Waals surface area contributed by atoms with E-state index in [2.05, 4.69) is 5.32 Å². The van der Waals surface area contributed by atoms with Crippen molar-refractivity contribution in [3.63, 3.8) is 0 Å². The molecule has 0 saturated heterocycles. The minimum absolute atomic E-state index is 0.0799. The van der Waals surface area contributed by atoms with Crippen molar-refractivity contribution in [3.05, 3.63) is 40.3 Å². The van der Waals surface area contributed by atoms with Crippen molar-refractivity contribution in [1.29, 1.82) is 0 Å². The molecule has 2 aromatic rings. The highest BCUT2D eigenvalue weighted by atomic mass is 32.2. The molecule has 0 aliphatic carbocycles. The smallest absolute Gasteiger partial charge is 0.265 e. The van der Waals surface area contributed by atoms with Gasteiger partial charge in [0, 0.05) is 18.6 Å². The van der Waals surface area contributed by atoms with Crippen LogP contribution in [-0.2, 0) is 14.6 Å². The standard InChI is InChI=1S/C19H18N2O7S2/c1-10(22)20-17-16-12(8-29-17)18(23)21(19(16)24)13(9-30(2,25)26)11-3-4-14-15(7-11)28-6-5-27-14/h3-4,7-8,13H,5-6,9H2,1-2H3,(H,20,22). The molecule has 1 aromatic carbocycles. The van der Waals surface area contributed by atoms with Gasteiger partial charge >= 0.3 is 0 Å². The average Bonchev–Trinajstić information content (AvgIpc) is 3.18. The van der Waals surface area contributed by atoms with Crippen LogP contribution in [0.25, 0.3) is 0 Å². The van der Waals surface area contributed by atoms with Crippen molar-refractivity contribution in [2.75, 3.05) is 30.5 Å². The molecule has 2 aliphatic rings. The molecule has 1 aromatic heterocycles. The van der Waals surface area contributed by atoms with Crippen LogP contribution in [0.1, 0.15) is 39.2 Å². The van der Waals surface area contributed by atoms with E-state index in [-0.39, 0.29) is 22.0 Å². The van der Waals surface area contributed by atoms with Gasteiger partial charge in [-0.1, -0.05) is 6.07 Å². The Morgan fingerprint density at radius 3 is 2.57 bits per heavy atom. The van der Waals surface area contributed by atoms with Gasteiger partial charge in [-0.15, -0.1) is 11.3 Å². The second-order valence-electron chi connectivity index (χ2n) is 7.03. The first-order valence-corrected chi connectivity index (χ1v) is 11.9. The highest BCUT2D eigenvalue weighted by Crippen LogP contribution is 2.41. The van der Waals surface area contributed by atoms with E-state index < -0.39 is 33.4 Å². The molecular weight excluding hydrogens is 432 g/mol. The predicted octanol–water partition coefficient (Wildman–Crippen LogP) is 1.86. The normalized spacial score (nSPS) is 16.4. The van der Waals surface area contributed by atoms with Gasteiger partial charge in [0.25, 0.3) is 11.8 Å². The number of carbonyl (C=O) groups is 3. The fourth-order valence-corrected chi connectivity index (χ4v) is 5.37. The van der Waals surface area contributed by atoms with Gasteiger partial charge in [-0.25, -0.2) is 8.42 Å². The van der Waals surface area contributed by atoms with Crippen LogP contribution in [0.2, 0.25) is 0 Å². The highest BCUT2D eigenvalue weighted by molar-refractivity contribution is 7.90. The van der Waals surface area contributed by atoms with E-state index in [1.54, 1.807) is 18.2 Å². The van der Waals surface area contributed by atoms with Crippen molar-refractivity contribution in [1.82, 2.24) is 4.90 Å². The van der Waals surface area contributed by atoms with Crippen LogP contribution in [0.5, 0.6) is 11.5 Å². The molecule has 1 unspecified atom stereocenters. The summed E-state index contributed by atoms with van der Waals surface area (Å²) < 4.78 is 35.3. The second kappa shape index (κ2) is 7.40. The van der Waals surface area contributed by atoms with E-state index in [0.29, 0.717) is 30.3 Å². The lowest BCUT2D eigenvalue weighted by atomic mass is 10.1. The molecule has 0 saturated carbocycles. The second-order valence-corrected chi connectivity index (χ2v) is 10.1. The summed E-state index contributed by atoms with van der Waals surface area (Å²) in [4.78, 5) is 38.6. The number of hydrogen-bond donors (Lipinski definition) is 1. The summed E-state index contributed by atoms with van der Waals surface area (Å²) in [5.41, 5.74) is 0.655. The summed E-state index contributed by atoms with van der Waals surface area (Å²) in [5.74, 6) is -1.15. The molecule has 9 nitrogen and oxygen atoms in total. The summed E-state index contributed by atoms with van der Waals surface area (Å²) in [6.45, 7) is 2.03. The molecule has 0 fully saturated rings. The van der Waals surface area contributed by atoms with Crippen LogP contribution in [-0.4, -0.2) is 56.3 Å². The number of nitrogens with one attached hydrogen (secondary N) is 1. The monoisotopic (exact) mass is 450 g/mol. The number of imide groups is 1. The topological polar surface area (TPSA) is 119 Å². The fraction of sp³-hybridized carbons (Fsp3) is 0.316. The van der Waals surface area contributed by atoms with Crippen LogP contribution < -0.4 is 14.8 Å². The minimum Gasteiger partial charge on any atom is -0.486 e. The van der Waals surface area contributed by atoms with E-state index in [0.717, 1.165) is 22.5 Å². The highest BCUT2D eigenvalue weighted by Gasteiger charge is 2.44. The van der Waals surface area contributed by atoms with Gasteiger partial charge in [0.05, 0.1) is 22.9 Å². The maximum absolute atomic E-state index is 13.2. The van der Waals surface area contributed by atoms with E-state index >= 15 is 0 Å². The Morgan fingerprint density at radius 1 is 1.20 bits per heavy atom. The van der Waals surface area contributed by atoms with Crippen molar-refractivity contribution < 1.29 is 32.3 Å². The Bertz CT molecular complexity index is 1170. The van der Waals surface area contributed by atoms with Crippen LogP contribution in [0.3, 0.4) is 0 Å². The molecule has 1 N–H and O–H groups in total. The molecule has 0 spiro atoms. The van der Waals surface area contributed by atoms with Crippen LogP contribution >= 0.6 is 11.3 Å². The first-order chi connectivity index (χ1) is 14.2. The zero-order chi connectivity index (χ0) is 21.6. The number of amides is 3. The SMILES string of the molecule is CC(=O)Nc1scc2c1C(=O)N(C(CS(C)(=O)=O)c1ccc3c(c1)OCCO3)C2=O. The summed E-state index contributed by atoms with van der Waals surface area (Å²) in [5, 5.41) is 4.30. The van der Waals surface area contributed by atoms with Gasteiger partial charge in [0.2, 0.25) is 5.91 Å². The molecule has 0 radical (unpaired) electrons. The molecule has 11 heteroatoms. The van der Waals surface area contributed by atoms with Crippen LogP contribution in [0, 0.1) is 0 Å². The maximum Gasteiger partial charge on any atom is 0.265 e. The zero-order valence-corrected chi connectivity index (χ0v) is 17.8. The van der Waals surface area contributed by atoms with Crippen LogP contribution in [0.15, 0.2) is 23.6 Å². The summed E-state index contributed by atoms with van der Waals surface area (Å²) in [6, 6.07) is 3.77. The Hall–Kier alpha value is -2.92. The molecule has 3 amide bonds. The molecule has 0 bridgehead atoms. The quantitative estimate of drug-likeness (QED) is 0.691. The number of ether oxygens (including phenoxy) is 2. The van der Waals surface area contributed by atoms with E-state index in [4.69, 9.17) is 9.47 Å². The number of hydrogen-bond acceptors (Lipinski definition) is 8. The fourth-order valence-electron chi connectivity index (χ4n) is 3.48. The number of carbonyl (C=O) groups excluding carboxylic acids is 3. The van der Waals surface area contributed by atoms with Gasteiger partial charge in [-0.05, 0) is 17.7 Å². The lowest BCUT2D eigenvalue weighted by molar-refractivity contribution is -0.114. The zero-order valence-electron chi connectivity index (χ0n) is 16.1. The number of thiophene rings is 1. The maximum atomic E-state index is 13.2. The van der Waals surface area contributed by atoms with Crippen molar-refractivity contribution in [2.45, 2.75) is 13.0 Å². The van der Waals surface area contributed by atoms with E-state index in [1.807, 2.05) is 0 Å². The number of sulfone groups is 1. The molecule has 1 atom stereocenters. The Labute approximate surface area is 176 Å². The van der Waals surface area contributed by atoms with Gasteiger partial charge in [0.1, 0.15) is 28.1 Å². The first-order valence-electron chi connectivity index (χ1n) is 9.00. The minimum atomic E-state index is -3.56. The Kier molecular flexibility index (Phi) is 5.02. The molecule has 158 valence electrons. The van der Waals surface area contributed by atoms with Crippen molar-refractivity contribution in [2.24, 2.45) is 0 Å². The first kappa shape index (κ1) is 20.4. The number of nitrogens with zero attached hydrogens (tertiary/aromatic N) is 1. The molecule has 4 rings (SSSR count). The largest absolute Gasteiger partial charge is 0.486 e. The van der Waals surface area contributed by atoms with Crippen LogP contribution in [0.4, 0.5) is 5.00 Å². The van der Waals surface area contributed by atoms with Crippen molar-refractivity contribution >= 4 is 43.9 Å². The van der Waals surface area contributed by atoms with Crippen molar-refractivity contribution in [3.8, 4) is 11.5 Å². The van der Waals surface area contributed by atoms with Gasteiger partial charge in [-0.3, -0.25) is 19.3 Å². The number of benzene rings is 1. The number of anilines is 1. The third-order valence-electron chi connectivity index (χ3n) is 4.69. The van der Waals surface area contributed by atoms with E-state index in [1.165, 1.54) is 12.3 Å². The Morgan fingerprint density at radius 2 is 1.90 bits per heavy atom. The van der Waals surface area contributed by atoms with E-state index in [9.17, 15) is 22.8 Å². The molecule has 2 aliphatic heterocycles. The predicted molar refractivity (Wildman–Crippen MR) is 109 cm³/mol. The summed E-state index contributed by atoms with van der Waals surface area (Å²) in [7, 11) is -3.56. The Balaban J connectivity index is 1.77. The van der Waals surface area contributed by atoms with Gasteiger partial charge in [-0.2, -0.15) is 0 Å². The number of fused-ring (bicyclic) bond motifs is 2. The summed E-state index contributed by atoms with van der Waals surface area (Å²) in [6.07, 6.45) is 1.04. The van der Waals surface area contributed by atoms with Gasteiger partial charge in [0.15, 0.2) is 11.5 Å². The molecule has 3 heterocycles. The lowest BCUT2D eigenvalue weighted by Gasteiger charge is -2.27. The molecule has 30 heavy (non-hydrogen) atoms. The summed E-state index contributed by atoms with van der Waals surface area (Å²) >= 11 is 1.07.